The van der Waals surface area contributed by atoms with Crippen molar-refractivity contribution < 1.29 is 4.79 Å². The number of para-hydroxylation sites is 1. The number of nitrogens with one attached hydrogen (secondary N) is 1. The number of amides is 1. The molecule has 88 valence electrons. The first-order chi connectivity index (χ1) is 7.51. The highest BCUT2D eigenvalue weighted by atomic mass is 32.2. The van der Waals surface area contributed by atoms with E-state index in [0.29, 0.717) is 0 Å². The lowest BCUT2D eigenvalue weighted by Crippen LogP contribution is -2.30. The zero-order valence-electron chi connectivity index (χ0n) is 10.3. The zero-order valence-corrected chi connectivity index (χ0v) is 11.1. The Bertz CT molecular complexity index is 374. The Morgan fingerprint density at radius 2 is 2.00 bits per heavy atom. The SMILES string of the molecule is CCC(C)(C)C(=O)Nc1ccccc1SC. The molecule has 0 saturated heterocycles. The molecule has 1 amide bonds. The average Bonchev–Trinajstić information content (AvgIpc) is 2.29. The summed E-state index contributed by atoms with van der Waals surface area (Å²) in [7, 11) is 0. The molecule has 1 aromatic rings. The highest BCUT2D eigenvalue weighted by Crippen LogP contribution is 2.27. The highest BCUT2D eigenvalue weighted by molar-refractivity contribution is 7.98. The van der Waals surface area contributed by atoms with Crippen LogP contribution >= 0.6 is 11.8 Å². The van der Waals surface area contributed by atoms with E-state index >= 15 is 0 Å². The van der Waals surface area contributed by atoms with Crippen LogP contribution in [0.4, 0.5) is 5.69 Å². The van der Waals surface area contributed by atoms with Crippen molar-refractivity contribution in [3.63, 3.8) is 0 Å². The third-order valence-electron chi connectivity index (χ3n) is 2.85. The zero-order chi connectivity index (χ0) is 12.2. The number of anilines is 1. The molecular weight excluding hydrogens is 218 g/mol. The molecule has 0 heterocycles. The van der Waals surface area contributed by atoms with Crippen LogP contribution in [0.2, 0.25) is 0 Å². The lowest BCUT2D eigenvalue weighted by atomic mass is 9.89. The summed E-state index contributed by atoms with van der Waals surface area (Å²) in [5, 5.41) is 2.99. The largest absolute Gasteiger partial charge is 0.325 e. The number of thioether (sulfide) groups is 1. The van der Waals surface area contributed by atoms with Crippen molar-refractivity contribution in [2.24, 2.45) is 5.41 Å². The van der Waals surface area contributed by atoms with Gasteiger partial charge < -0.3 is 5.32 Å². The summed E-state index contributed by atoms with van der Waals surface area (Å²) in [6.45, 7) is 5.95. The summed E-state index contributed by atoms with van der Waals surface area (Å²) in [4.78, 5) is 13.1. The van der Waals surface area contributed by atoms with Gasteiger partial charge >= 0.3 is 0 Å². The van der Waals surface area contributed by atoms with Gasteiger partial charge in [-0.2, -0.15) is 0 Å². The third-order valence-corrected chi connectivity index (χ3v) is 3.65. The maximum atomic E-state index is 12.0. The molecule has 0 aromatic heterocycles. The van der Waals surface area contributed by atoms with E-state index in [-0.39, 0.29) is 11.3 Å². The van der Waals surface area contributed by atoms with Crippen LogP contribution in [0.25, 0.3) is 0 Å². The van der Waals surface area contributed by atoms with Crippen LogP contribution in [0.1, 0.15) is 27.2 Å². The van der Waals surface area contributed by atoms with Crippen LogP contribution in [0.15, 0.2) is 29.2 Å². The third kappa shape index (κ3) is 3.01. The summed E-state index contributed by atoms with van der Waals surface area (Å²) >= 11 is 1.64. The molecule has 1 N–H and O–H groups in total. The van der Waals surface area contributed by atoms with Crippen LogP contribution in [0.5, 0.6) is 0 Å². The van der Waals surface area contributed by atoms with Crippen molar-refractivity contribution >= 4 is 23.4 Å². The number of hydrogen-bond acceptors (Lipinski definition) is 2. The topological polar surface area (TPSA) is 29.1 Å². The van der Waals surface area contributed by atoms with E-state index in [0.717, 1.165) is 17.0 Å². The van der Waals surface area contributed by atoms with Crippen LogP contribution in [-0.4, -0.2) is 12.2 Å². The fourth-order valence-electron chi connectivity index (χ4n) is 1.20. The number of benzene rings is 1. The van der Waals surface area contributed by atoms with Crippen molar-refractivity contribution in [1.82, 2.24) is 0 Å². The molecular formula is C13H19NOS. The van der Waals surface area contributed by atoms with E-state index in [4.69, 9.17) is 0 Å². The molecule has 0 saturated carbocycles. The molecule has 16 heavy (non-hydrogen) atoms. The summed E-state index contributed by atoms with van der Waals surface area (Å²) in [5.41, 5.74) is 0.590. The van der Waals surface area contributed by atoms with Crippen molar-refractivity contribution in [3.8, 4) is 0 Å². The number of hydrogen-bond donors (Lipinski definition) is 1. The van der Waals surface area contributed by atoms with Crippen molar-refractivity contribution in [3.05, 3.63) is 24.3 Å². The molecule has 0 radical (unpaired) electrons. The van der Waals surface area contributed by atoms with Gasteiger partial charge in [0, 0.05) is 10.3 Å². The second-order valence-electron chi connectivity index (χ2n) is 4.39. The Kier molecular flexibility index (Phi) is 4.42. The highest BCUT2D eigenvalue weighted by Gasteiger charge is 2.25. The molecule has 0 aliphatic heterocycles. The Morgan fingerprint density at radius 3 is 2.56 bits per heavy atom. The molecule has 0 aliphatic carbocycles. The van der Waals surface area contributed by atoms with E-state index in [1.807, 2.05) is 51.3 Å². The quantitative estimate of drug-likeness (QED) is 0.807. The lowest BCUT2D eigenvalue weighted by Gasteiger charge is -2.22. The summed E-state index contributed by atoms with van der Waals surface area (Å²) in [6, 6.07) is 7.87. The van der Waals surface area contributed by atoms with Gasteiger partial charge in [-0.1, -0.05) is 32.9 Å². The molecule has 1 aromatic carbocycles. The molecule has 0 bridgehead atoms. The van der Waals surface area contributed by atoms with Crippen LogP contribution < -0.4 is 5.32 Å². The normalized spacial score (nSPS) is 11.2. The van der Waals surface area contributed by atoms with Crippen LogP contribution in [0, 0.1) is 5.41 Å². The minimum Gasteiger partial charge on any atom is -0.325 e. The molecule has 1 rings (SSSR count). The number of carbonyl (C=O) groups is 1. The van der Waals surface area contributed by atoms with Crippen LogP contribution in [-0.2, 0) is 4.79 Å². The minimum atomic E-state index is -0.314. The van der Waals surface area contributed by atoms with E-state index in [9.17, 15) is 4.79 Å². The summed E-state index contributed by atoms with van der Waals surface area (Å²) < 4.78 is 0. The van der Waals surface area contributed by atoms with Gasteiger partial charge in [0.2, 0.25) is 5.91 Å². The minimum absolute atomic E-state index is 0.0801. The van der Waals surface area contributed by atoms with Gasteiger partial charge in [0.15, 0.2) is 0 Å². The Labute approximate surface area is 102 Å². The van der Waals surface area contributed by atoms with Crippen molar-refractivity contribution in [2.75, 3.05) is 11.6 Å². The monoisotopic (exact) mass is 237 g/mol. The standard InChI is InChI=1S/C13H19NOS/c1-5-13(2,3)12(15)14-10-8-6-7-9-11(10)16-4/h6-9H,5H2,1-4H3,(H,14,15). The van der Waals surface area contributed by atoms with E-state index in [2.05, 4.69) is 5.32 Å². The van der Waals surface area contributed by atoms with E-state index in [1.54, 1.807) is 11.8 Å². The molecule has 0 fully saturated rings. The number of carbonyl (C=O) groups excluding carboxylic acids is 1. The number of rotatable bonds is 4. The fourth-order valence-corrected chi connectivity index (χ4v) is 1.75. The van der Waals surface area contributed by atoms with Crippen molar-refractivity contribution in [1.29, 1.82) is 0 Å². The van der Waals surface area contributed by atoms with Crippen molar-refractivity contribution in [2.45, 2.75) is 32.1 Å². The molecule has 0 spiro atoms. The molecule has 0 aliphatic rings. The Hall–Kier alpha value is -0.960. The fraction of sp³-hybridized carbons (Fsp3) is 0.462. The smallest absolute Gasteiger partial charge is 0.230 e. The van der Waals surface area contributed by atoms with Gasteiger partial charge in [-0.15, -0.1) is 11.8 Å². The Balaban J connectivity index is 2.85. The molecule has 0 atom stereocenters. The summed E-state index contributed by atoms with van der Waals surface area (Å²) in [5.74, 6) is 0.0801. The average molecular weight is 237 g/mol. The van der Waals surface area contributed by atoms with Crippen LogP contribution in [0.3, 0.4) is 0 Å². The molecule has 0 unspecified atom stereocenters. The molecule has 2 nitrogen and oxygen atoms in total. The first kappa shape index (κ1) is 13.1. The Morgan fingerprint density at radius 1 is 1.38 bits per heavy atom. The maximum absolute atomic E-state index is 12.0. The lowest BCUT2D eigenvalue weighted by molar-refractivity contribution is -0.124. The molecule has 3 heteroatoms. The van der Waals surface area contributed by atoms with E-state index in [1.165, 1.54) is 0 Å². The van der Waals surface area contributed by atoms with Gasteiger partial charge in [-0.25, -0.2) is 0 Å². The van der Waals surface area contributed by atoms with E-state index < -0.39 is 0 Å². The summed E-state index contributed by atoms with van der Waals surface area (Å²) in [6.07, 6.45) is 2.84. The van der Waals surface area contributed by atoms with Gasteiger partial charge in [0.05, 0.1) is 5.69 Å². The van der Waals surface area contributed by atoms with Gasteiger partial charge in [0.1, 0.15) is 0 Å². The second-order valence-corrected chi connectivity index (χ2v) is 5.24. The first-order valence-corrected chi connectivity index (χ1v) is 6.68. The maximum Gasteiger partial charge on any atom is 0.230 e. The van der Waals surface area contributed by atoms with Gasteiger partial charge in [-0.05, 0) is 24.8 Å². The van der Waals surface area contributed by atoms with Gasteiger partial charge in [0.25, 0.3) is 0 Å². The first-order valence-electron chi connectivity index (χ1n) is 5.45. The predicted octanol–water partition coefficient (Wildman–Crippen LogP) is 3.78. The second kappa shape index (κ2) is 5.39. The van der Waals surface area contributed by atoms with Gasteiger partial charge in [-0.3, -0.25) is 4.79 Å². The predicted molar refractivity (Wildman–Crippen MR) is 70.9 cm³/mol.